The molecule has 106 heavy (non-hydrogen) atoms. The Balaban J connectivity index is -0.000000218. The summed E-state index contributed by atoms with van der Waals surface area (Å²) >= 11 is 3.13. The molecule has 588 valence electrons. The van der Waals surface area contributed by atoms with E-state index in [1.807, 2.05) is 142 Å². The number of benzene rings is 4. The van der Waals surface area contributed by atoms with Gasteiger partial charge < -0.3 is 79.0 Å². The van der Waals surface area contributed by atoms with E-state index in [0.717, 1.165) is 58.8 Å². The van der Waals surface area contributed by atoms with Crippen molar-refractivity contribution in [1.82, 2.24) is 5.06 Å². The quantitative estimate of drug-likeness (QED) is 0.00413. The first-order valence-electron chi connectivity index (χ1n) is 34.4. The van der Waals surface area contributed by atoms with E-state index in [2.05, 4.69) is 71.7 Å². The minimum atomic E-state index is -1.34. The molecule has 1 amide bonds. The number of allylic oxidation sites excluding steroid dienone is 4. The van der Waals surface area contributed by atoms with Crippen LogP contribution in [0.25, 0.3) is 0 Å². The number of carbonyl (C=O) groups excluding carboxylic acids is 4. The van der Waals surface area contributed by atoms with Crippen LogP contribution in [0.3, 0.4) is 0 Å². The van der Waals surface area contributed by atoms with Crippen LogP contribution in [0.2, 0.25) is 6.32 Å². The number of nitrogens with zero attached hydrogens (tertiary/aromatic N) is 3. The minimum Gasteiger partial charge on any atom is -1.00 e. The zero-order chi connectivity index (χ0) is 78.8. The van der Waals surface area contributed by atoms with Crippen LogP contribution in [0.5, 0.6) is 0 Å². The number of carbonyl (C=O) groups is 6. The van der Waals surface area contributed by atoms with Crippen molar-refractivity contribution < 1.29 is 94.5 Å². The van der Waals surface area contributed by atoms with E-state index >= 15 is 0 Å². The molecule has 1 saturated heterocycles. The first-order valence-corrected chi connectivity index (χ1v) is 35.5. The SMILES string of the molecule is C.C1CCOC1.C=CCBr.C=CCC(C)C(=O)N(C)OC.C=CCC(C)C(=O)O.C=CCC(C)C(=O)OCC.C=CCC(N=C(c1ccccc1)c1ccccc1)C(=O)OCC.CCOC.CCOC(=O)CN=C(c1ccccc1)c1ccccc1.NCC1CC(CCB(O)O)CC1(N)C(=O)O.[Br-].[CH-]=C.[Mg+2]. The molecule has 2 fully saturated rings. The first-order chi connectivity index (χ1) is 49.3. The second-order valence-electron chi connectivity index (χ2n) is 22.6. The summed E-state index contributed by atoms with van der Waals surface area (Å²) in [7, 11) is 3.41. The van der Waals surface area contributed by atoms with Crippen LogP contribution in [0, 0.1) is 36.2 Å². The average Bonchev–Trinajstić information content (AvgIpc) is 1.65. The summed E-state index contributed by atoms with van der Waals surface area (Å²) in [5.41, 5.74) is 15.6. The predicted octanol–water partition coefficient (Wildman–Crippen LogP) is 10.9. The smallest absolute Gasteiger partial charge is 1.00 e. The number of esters is 3. The van der Waals surface area contributed by atoms with Crippen LogP contribution in [0.4, 0.5) is 0 Å². The number of alkyl halides is 1. The van der Waals surface area contributed by atoms with Crippen molar-refractivity contribution in [2.45, 2.75) is 132 Å². The van der Waals surface area contributed by atoms with Crippen molar-refractivity contribution in [3.05, 3.63) is 220 Å². The number of carboxylic acids is 2. The summed E-state index contributed by atoms with van der Waals surface area (Å²) in [6.45, 7) is 41.6. The fraction of sp³-hybridized carbons (Fsp3) is 0.457. The molecule has 1 aliphatic carbocycles. The number of aliphatic carboxylic acids is 2. The fourth-order valence-corrected chi connectivity index (χ4v) is 8.91. The number of ether oxygens (including phenoxy) is 5. The van der Waals surface area contributed by atoms with E-state index in [1.165, 1.54) is 25.0 Å². The number of aliphatic imine (C=N–C) groups is 2. The van der Waals surface area contributed by atoms with Crippen molar-refractivity contribution >= 4 is 93.3 Å². The number of methoxy groups -OCH3 is 1. The summed E-state index contributed by atoms with van der Waals surface area (Å²) in [6, 6.07) is 38.8. The van der Waals surface area contributed by atoms with E-state index in [9.17, 15) is 28.8 Å². The van der Waals surface area contributed by atoms with Gasteiger partial charge in [-0.25, -0.2) is 9.86 Å². The van der Waals surface area contributed by atoms with Crippen molar-refractivity contribution in [2.24, 2.45) is 51.0 Å². The number of hydrogen-bond donors (Lipinski definition) is 6. The third kappa shape index (κ3) is 54.6. The van der Waals surface area contributed by atoms with Crippen LogP contribution in [0.15, 0.2) is 201 Å². The second-order valence-corrected chi connectivity index (χ2v) is 23.2. The van der Waals surface area contributed by atoms with Gasteiger partial charge in [0, 0.05) is 73.4 Å². The Labute approximate surface area is 670 Å². The molecule has 25 heteroatoms. The van der Waals surface area contributed by atoms with Gasteiger partial charge in [-0.1, -0.05) is 202 Å². The van der Waals surface area contributed by atoms with Crippen LogP contribution >= 0.6 is 15.9 Å². The van der Waals surface area contributed by atoms with Gasteiger partial charge in [-0.15, -0.1) is 32.9 Å². The van der Waals surface area contributed by atoms with Gasteiger partial charge in [-0.2, -0.15) is 0 Å². The van der Waals surface area contributed by atoms with Gasteiger partial charge in [-0.3, -0.25) is 45.4 Å². The second kappa shape index (κ2) is 74.8. The summed E-state index contributed by atoms with van der Waals surface area (Å²) < 4.78 is 24.3. The summed E-state index contributed by atoms with van der Waals surface area (Å²) in [6.07, 6.45) is 15.3. The number of carboxylic acid groups (broad SMARTS) is 2. The predicted molar refractivity (Wildman–Crippen MR) is 433 cm³/mol. The minimum absolute atomic E-state index is 0. The van der Waals surface area contributed by atoms with Crippen LogP contribution in [-0.2, 0) is 57.3 Å². The van der Waals surface area contributed by atoms with Gasteiger partial charge in [0.25, 0.3) is 0 Å². The summed E-state index contributed by atoms with van der Waals surface area (Å²) in [4.78, 5) is 80.7. The molecule has 1 saturated carbocycles. The molecule has 7 atom stereocenters. The zero-order valence-electron chi connectivity index (χ0n) is 63.9. The molecule has 7 unspecified atom stereocenters. The Hall–Kier alpha value is -7.01. The van der Waals surface area contributed by atoms with Crippen LogP contribution < -0.4 is 28.4 Å². The molecular weight excluding hydrogens is 1490 g/mol. The van der Waals surface area contributed by atoms with E-state index in [1.54, 1.807) is 72.2 Å². The average molecular weight is 1620 g/mol. The number of hydroxylamine groups is 2. The topological polar surface area (TPSA) is 319 Å². The summed E-state index contributed by atoms with van der Waals surface area (Å²) in [5.74, 6) is -3.06. The Bertz CT molecular complexity index is 2880. The molecule has 6 rings (SSSR count). The third-order valence-electron chi connectivity index (χ3n) is 14.5. The number of hydrogen-bond acceptors (Lipinski definition) is 18. The number of halogens is 2. The molecule has 0 bridgehead atoms. The first kappa shape index (κ1) is 112. The third-order valence-corrected chi connectivity index (χ3v) is 14.9. The Kier molecular flexibility index (Phi) is 79.3. The molecule has 21 nitrogen and oxygen atoms in total. The Morgan fingerprint density at radius 1 is 0.660 bits per heavy atom. The van der Waals surface area contributed by atoms with Gasteiger partial charge in [0.15, 0.2) is 6.04 Å². The van der Waals surface area contributed by atoms with Crippen molar-refractivity contribution in [3.63, 3.8) is 0 Å². The van der Waals surface area contributed by atoms with Gasteiger partial charge in [0.1, 0.15) is 12.1 Å². The molecule has 8 N–H and O–H groups in total. The molecule has 4 aromatic carbocycles. The fourth-order valence-electron chi connectivity index (χ4n) is 8.91. The maximum atomic E-state index is 12.2. The molecule has 1 heterocycles. The number of amides is 1. The van der Waals surface area contributed by atoms with Gasteiger partial charge in [-0.05, 0) is 97.8 Å². The van der Waals surface area contributed by atoms with E-state index in [-0.39, 0.29) is 120 Å². The molecular formula is C81H124BBr2MgN5O16. The maximum Gasteiger partial charge on any atom is 2.00 e. The van der Waals surface area contributed by atoms with E-state index in [4.69, 9.17) is 60.5 Å². The van der Waals surface area contributed by atoms with E-state index < -0.39 is 30.6 Å². The largest absolute Gasteiger partial charge is 2.00 e. The normalized spacial score (nSPS) is 14.5. The number of rotatable bonds is 30. The van der Waals surface area contributed by atoms with Gasteiger partial charge in [0.2, 0.25) is 5.91 Å². The maximum absolute atomic E-state index is 12.2. The Morgan fingerprint density at radius 3 is 1.35 bits per heavy atom. The van der Waals surface area contributed by atoms with Gasteiger partial charge >= 0.3 is 60.0 Å². The van der Waals surface area contributed by atoms with Crippen LogP contribution in [-0.4, -0.2) is 194 Å². The molecule has 0 spiro atoms. The Morgan fingerprint density at radius 2 is 1.05 bits per heavy atom. The molecule has 2 aliphatic rings. The van der Waals surface area contributed by atoms with Crippen LogP contribution in [0.1, 0.15) is 136 Å². The number of nitrogens with two attached hydrogens (primary N) is 2. The van der Waals surface area contributed by atoms with Crippen molar-refractivity contribution in [1.29, 1.82) is 0 Å². The van der Waals surface area contributed by atoms with Crippen molar-refractivity contribution in [2.75, 3.05) is 79.3 Å². The zero-order valence-corrected chi connectivity index (χ0v) is 68.5. The molecule has 0 radical (unpaired) electrons. The van der Waals surface area contributed by atoms with Crippen molar-refractivity contribution in [3.8, 4) is 0 Å². The summed E-state index contributed by atoms with van der Waals surface area (Å²) in [5, 5.41) is 37.0. The monoisotopic (exact) mass is 1620 g/mol. The van der Waals surface area contributed by atoms with E-state index in [0.29, 0.717) is 64.8 Å². The standard InChI is InChI=1S/C20H21NO2.C17H17NO2.C9H19BN2O4.C8H15NO2.C8H14O2.C6H10O2.C4H8O.C3H5Br.C3H8O.C2H3.CH4.BrH.Mg/c1-3-11-18(20(22)23-4-2)21-19(16-12-7-5-8-13-16)17-14-9-6-10-15-17;1-2-20-16(19)13-18-17(14-9-5-3-6-10-14)15-11-7-4-8-12-15;11-5-7-3-6(1-2-10(15)16)4-9(7,12)8(13)14;1-5-6-7(2)8(10)9(3)11-4;1-4-6-7(3)8(9)10-5-2;1-3-4-5(2)6(7)8;1-2-4-5-3-1;1-2-3-4;1-3-4-2;1-2;;;/h3,5-10,12-15,18H,1,4,11H2,2H3;3-12H,2,13H2,1H3;6-7,15-16H,1-5,11-12H2,(H,13,14);5,7H,1,6H2,2-4H3;4,7H,1,5-6H2,2-3H3;3,5H,1,4H2,2H3,(H,7,8);1-4H2;2H,1,3H2;3H2,1-2H3;1H,2H2;1H4;1H;/q;;;;;;;;;-1;;;+2/p-1. The molecule has 1 aliphatic heterocycles. The molecule has 0 aromatic heterocycles. The van der Waals surface area contributed by atoms with Gasteiger partial charge in [0.05, 0.1) is 50.2 Å². The molecule has 4 aromatic rings.